The molecule has 2 rings (SSSR count). The van der Waals surface area contributed by atoms with Gasteiger partial charge in [-0.15, -0.1) is 0 Å². The SMILES string of the molecule is CC(=O)N(CC(=O)Nc1ccc(F)cc1F)c1cc(C)ccc1C. The molecule has 0 aliphatic heterocycles. The molecule has 2 aromatic rings. The molecular formula is C18H18F2N2O2. The second-order valence-corrected chi connectivity index (χ2v) is 5.57. The highest BCUT2D eigenvalue weighted by atomic mass is 19.1. The van der Waals surface area contributed by atoms with Crippen LogP contribution in [0.4, 0.5) is 20.2 Å². The van der Waals surface area contributed by atoms with E-state index >= 15 is 0 Å². The molecule has 6 heteroatoms. The van der Waals surface area contributed by atoms with Crippen molar-refractivity contribution in [2.75, 3.05) is 16.8 Å². The van der Waals surface area contributed by atoms with Gasteiger partial charge in [0.1, 0.15) is 18.2 Å². The largest absolute Gasteiger partial charge is 0.322 e. The van der Waals surface area contributed by atoms with Gasteiger partial charge in [-0.25, -0.2) is 8.78 Å². The number of nitrogens with zero attached hydrogens (tertiary/aromatic N) is 1. The van der Waals surface area contributed by atoms with Crippen LogP contribution in [0.5, 0.6) is 0 Å². The van der Waals surface area contributed by atoms with Gasteiger partial charge in [0.2, 0.25) is 11.8 Å². The molecule has 4 nitrogen and oxygen atoms in total. The van der Waals surface area contributed by atoms with E-state index in [2.05, 4.69) is 5.32 Å². The van der Waals surface area contributed by atoms with Gasteiger partial charge in [0.05, 0.1) is 5.69 Å². The first-order valence-electron chi connectivity index (χ1n) is 7.38. The fourth-order valence-corrected chi connectivity index (χ4v) is 2.30. The summed E-state index contributed by atoms with van der Waals surface area (Å²) >= 11 is 0. The lowest BCUT2D eigenvalue weighted by Gasteiger charge is -2.23. The zero-order valence-electron chi connectivity index (χ0n) is 13.7. The van der Waals surface area contributed by atoms with Crippen molar-refractivity contribution in [3.8, 4) is 0 Å². The Morgan fingerprint density at radius 2 is 1.79 bits per heavy atom. The average molecular weight is 332 g/mol. The normalized spacial score (nSPS) is 10.4. The molecule has 0 spiro atoms. The minimum atomic E-state index is -0.871. The molecule has 0 radical (unpaired) electrons. The Morgan fingerprint density at radius 3 is 2.42 bits per heavy atom. The van der Waals surface area contributed by atoms with E-state index in [1.165, 1.54) is 11.8 Å². The van der Waals surface area contributed by atoms with Gasteiger partial charge >= 0.3 is 0 Å². The molecule has 0 saturated carbocycles. The number of rotatable bonds is 4. The second kappa shape index (κ2) is 7.21. The fraction of sp³-hybridized carbons (Fsp3) is 0.222. The molecule has 0 atom stereocenters. The molecule has 1 N–H and O–H groups in total. The van der Waals surface area contributed by atoms with Crippen LogP contribution < -0.4 is 10.2 Å². The van der Waals surface area contributed by atoms with Gasteiger partial charge in [-0.2, -0.15) is 0 Å². The van der Waals surface area contributed by atoms with Crippen LogP contribution in [0.2, 0.25) is 0 Å². The van der Waals surface area contributed by atoms with E-state index in [4.69, 9.17) is 0 Å². The Bertz CT molecular complexity index is 791. The maximum absolute atomic E-state index is 13.6. The minimum absolute atomic E-state index is 0.133. The average Bonchev–Trinajstić information content (AvgIpc) is 2.50. The lowest BCUT2D eigenvalue weighted by molar-refractivity contribution is -0.120. The third-order valence-corrected chi connectivity index (χ3v) is 3.54. The Hall–Kier alpha value is -2.76. The van der Waals surface area contributed by atoms with Gasteiger partial charge in [-0.3, -0.25) is 9.59 Å². The summed E-state index contributed by atoms with van der Waals surface area (Å²) in [6.07, 6.45) is 0. The molecule has 0 aliphatic carbocycles. The smallest absolute Gasteiger partial charge is 0.244 e. The van der Waals surface area contributed by atoms with Gasteiger partial charge in [-0.05, 0) is 43.2 Å². The number of hydrogen-bond donors (Lipinski definition) is 1. The predicted molar refractivity (Wildman–Crippen MR) is 88.9 cm³/mol. The Kier molecular flexibility index (Phi) is 5.28. The Morgan fingerprint density at radius 1 is 1.08 bits per heavy atom. The topological polar surface area (TPSA) is 49.4 Å². The number of anilines is 2. The molecule has 0 heterocycles. The summed E-state index contributed by atoms with van der Waals surface area (Å²) in [5.74, 6) is -2.48. The molecule has 0 bridgehead atoms. The van der Waals surface area contributed by atoms with Gasteiger partial charge in [0.15, 0.2) is 0 Å². The number of halogens is 2. The van der Waals surface area contributed by atoms with Crippen molar-refractivity contribution in [3.63, 3.8) is 0 Å². The zero-order chi connectivity index (χ0) is 17.9. The third-order valence-electron chi connectivity index (χ3n) is 3.54. The zero-order valence-corrected chi connectivity index (χ0v) is 13.7. The van der Waals surface area contributed by atoms with Gasteiger partial charge in [0, 0.05) is 18.7 Å². The second-order valence-electron chi connectivity index (χ2n) is 5.57. The molecule has 0 saturated heterocycles. The van der Waals surface area contributed by atoms with Crippen LogP contribution >= 0.6 is 0 Å². The standard InChI is InChI=1S/C18H18F2N2O2/c1-11-4-5-12(2)17(8-11)22(13(3)23)10-18(24)21-16-7-6-14(19)9-15(16)20/h4-9H,10H2,1-3H3,(H,21,24). The Labute approximate surface area is 139 Å². The van der Waals surface area contributed by atoms with Gasteiger partial charge < -0.3 is 10.2 Å². The highest BCUT2D eigenvalue weighted by Gasteiger charge is 2.18. The van der Waals surface area contributed by atoms with Crippen LogP contribution in [-0.2, 0) is 9.59 Å². The number of nitrogens with one attached hydrogen (secondary N) is 1. The minimum Gasteiger partial charge on any atom is -0.322 e. The van der Waals surface area contributed by atoms with E-state index in [1.54, 1.807) is 0 Å². The summed E-state index contributed by atoms with van der Waals surface area (Å²) in [6.45, 7) is 4.81. The van der Waals surface area contributed by atoms with Crippen LogP contribution in [0.1, 0.15) is 18.1 Å². The summed E-state index contributed by atoms with van der Waals surface area (Å²) < 4.78 is 26.5. The third kappa shape index (κ3) is 4.16. The number of hydrogen-bond acceptors (Lipinski definition) is 2. The first kappa shape index (κ1) is 17.6. The van der Waals surface area contributed by atoms with Crippen LogP contribution in [-0.4, -0.2) is 18.4 Å². The molecule has 2 aromatic carbocycles. The molecule has 24 heavy (non-hydrogen) atoms. The predicted octanol–water partition coefficient (Wildman–Crippen LogP) is 3.57. The van der Waals surface area contributed by atoms with E-state index < -0.39 is 17.5 Å². The molecule has 126 valence electrons. The van der Waals surface area contributed by atoms with Crippen molar-refractivity contribution in [3.05, 3.63) is 59.2 Å². The van der Waals surface area contributed by atoms with Crippen molar-refractivity contribution in [2.45, 2.75) is 20.8 Å². The van der Waals surface area contributed by atoms with Crippen LogP contribution in [0, 0.1) is 25.5 Å². The fourth-order valence-electron chi connectivity index (χ4n) is 2.30. The first-order valence-corrected chi connectivity index (χ1v) is 7.38. The lowest BCUT2D eigenvalue weighted by atomic mass is 10.1. The summed E-state index contributed by atoms with van der Waals surface area (Å²) in [6, 6.07) is 8.44. The molecule has 0 unspecified atom stereocenters. The number of amides is 2. The van der Waals surface area contributed by atoms with Gasteiger partial charge in [-0.1, -0.05) is 12.1 Å². The summed E-state index contributed by atoms with van der Waals surface area (Å²) in [5, 5.41) is 2.35. The first-order chi connectivity index (χ1) is 11.3. The van der Waals surface area contributed by atoms with Crippen molar-refractivity contribution in [2.24, 2.45) is 0 Å². The van der Waals surface area contributed by atoms with Crippen molar-refractivity contribution in [1.82, 2.24) is 0 Å². The number of carbonyl (C=O) groups excluding carboxylic acids is 2. The van der Waals surface area contributed by atoms with E-state index in [1.807, 2.05) is 32.0 Å². The summed E-state index contributed by atoms with van der Waals surface area (Å²) in [7, 11) is 0. The number of aryl methyl sites for hydroxylation is 2. The molecular weight excluding hydrogens is 314 g/mol. The molecule has 0 fully saturated rings. The number of carbonyl (C=O) groups is 2. The van der Waals surface area contributed by atoms with Crippen LogP contribution in [0.15, 0.2) is 36.4 Å². The van der Waals surface area contributed by atoms with Crippen molar-refractivity contribution >= 4 is 23.2 Å². The van der Waals surface area contributed by atoms with E-state index in [-0.39, 0.29) is 18.1 Å². The van der Waals surface area contributed by atoms with E-state index in [9.17, 15) is 18.4 Å². The maximum atomic E-state index is 13.6. The summed E-state index contributed by atoms with van der Waals surface area (Å²) in [5.41, 5.74) is 2.28. The quantitative estimate of drug-likeness (QED) is 0.930. The van der Waals surface area contributed by atoms with Crippen molar-refractivity contribution in [1.29, 1.82) is 0 Å². The highest BCUT2D eigenvalue weighted by Crippen LogP contribution is 2.22. The highest BCUT2D eigenvalue weighted by molar-refractivity contribution is 6.02. The Balaban J connectivity index is 2.20. The number of benzene rings is 2. The lowest BCUT2D eigenvalue weighted by Crippen LogP contribution is -2.37. The monoisotopic (exact) mass is 332 g/mol. The van der Waals surface area contributed by atoms with Gasteiger partial charge in [0.25, 0.3) is 0 Å². The van der Waals surface area contributed by atoms with Crippen molar-refractivity contribution < 1.29 is 18.4 Å². The summed E-state index contributed by atoms with van der Waals surface area (Å²) in [4.78, 5) is 25.4. The maximum Gasteiger partial charge on any atom is 0.244 e. The molecule has 0 aromatic heterocycles. The van der Waals surface area contributed by atoms with E-state index in [0.717, 1.165) is 23.3 Å². The van der Waals surface area contributed by atoms with Crippen LogP contribution in [0.3, 0.4) is 0 Å². The van der Waals surface area contributed by atoms with E-state index in [0.29, 0.717) is 11.8 Å². The van der Waals surface area contributed by atoms with Crippen LogP contribution in [0.25, 0.3) is 0 Å². The molecule has 2 amide bonds. The molecule has 0 aliphatic rings.